The van der Waals surface area contributed by atoms with E-state index in [0.29, 0.717) is 0 Å². The molecule has 0 bridgehead atoms. The molecule has 0 saturated carbocycles. The maximum Gasteiger partial charge on any atom is 0.0541 e. The smallest absolute Gasteiger partial charge is 0.0541 e. The number of hydrogen-bond acceptors (Lipinski definition) is 3. The van der Waals surface area contributed by atoms with Gasteiger partial charge in [-0.05, 0) is 192 Å². The normalized spacial score (nSPS) is 11.2. The molecule has 0 N–H and O–H groups in total. The van der Waals surface area contributed by atoms with Crippen LogP contribution < -0.4 is 14.7 Å². The minimum atomic E-state index is 1.07. The van der Waals surface area contributed by atoms with Gasteiger partial charge < -0.3 is 19.3 Å². The number of fused-ring (bicyclic) bond motifs is 3. The largest absolute Gasteiger partial charge is 0.311 e. The molecule has 4 nitrogen and oxygen atoms in total. The summed E-state index contributed by atoms with van der Waals surface area (Å²) >= 11 is 0. The first-order valence-electron chi connectivity index (χ1n) is 26.7. The predicted octanol–water partition coefficient (Wildman–Crippen LogP) is 20.8. The summed E-state index contributed by atoms with van der Waals surface area (Å²) in [5, 5.41) is 2.53. The van der Waals surface area contributed by atoms with Crippen LogP contribution in [0.1, 0.15) is 11.1 Å². The van der Waals surface area contributed by atoms with Gasteiger partial charge in [0.1, 0.15) is 0 Å². The zero-order valence-electron chi connectivity index (χ0n) is 43.7. The summed E-state index contributed by atoms with van der Waals surface area (Å²) in [6.07, 6.45) is 0. The fourth-order valence-corrected chi connectivity index (χ4v) is 11.0. The summed E-state index contributed by atoms with van der Waals surface area (Å²) < 4.78 is 2.37. The van der Waals surface area contributed by atoms with Crippen LogP contribution in [0.5, 0.6) is 0 Å². The molecule has 0 fully saturated rings. The van der Waals surface area contributed by atoms with Gasteiger partial charge >= 0.3 is 0 Å². The van der Waals surface area contributed by atoms with Crippen molar-refractivity contribution in [3.63, 3.8) is 0 Å². The fourth-order valence-electron chi connectivity index (χ4n) is 11.0. The van der Waals surface area contributed by atoms with Gasteiger partial charge in [0.2, 0.25) is 0 Å². The van der Waals surface area contributed by atoms with Crippen LogP contribution in [0.3, 0.4) is 0 Å². The van der Waals surface area contributed by atoms with E-state index >= 15 is 0 Å². The Balaban J connectivity index is 0.816. The van der Waals surface area contributed by atoms with Gasteiger partial charge in [0.05, 0.1) is 11.0 Å². The monoisotopic (exact) mass is 1000 g/mol. The molecule has 4 heteroatoms. The van der Waals surface area contributed by atoms with E-state index in [0.717, 1.165) is 84.7 Å². The van der Waals surface area contributed by atoms with Gasteiger partial charge in [0, 0.05) is 67.6 Å². The lowest BCUT2D eigenvalue weighted by Gasteiger charge is -2.27. The standard InChI is InChI=1S/C74H56N4/c1-53-15-13-21-69(51-53)76(61-17-5-3-6-18-61)66-45-33-58(34-46-66)55-27-39-63(40-28-55)75(64-41-29-56(30-42-64)59-35-47-67(48-36-59)77(62-19-7-4-8-20-62)70-22-14-16-54(2)52-70)65-43-31-57(32-44-65)60-37-49-68(50-38-60)78-73-25-11-9-23-71(73)72-24-10-12-26-74(72)78/h3-52H,1-2H3. The van der Waals surface area contributed by atoms with Crippen LogP contribution in [-0.4, -0.2) is 4.57 Å². The average Bonchev–Trinajstić information content (AvgIpc) is 3.86. The fraction of sp³-hybridized carbons (Fsp3) is 0.0270. The molecule has 0 aliphatic rings. The third-order valence-electron chi connectivity index (χ3n) is 14.9. The summed E-state index contributed by atoms with van der Waals surface area (Å²) in [6, 6.07) is 110. The maximum atomic E-state index is 2.37. The van der Waals surface area contributed by atoms with Gasteiger partial charge in [-0.3, -0.25) is 0 Å². The Kier molecular flexibility index (Phi) is 12.7. The summed E-state index contributed by atoms with van der Waals surface area (Å²) in [7, 11) is 0. The number of hydrogen-bond donors (Lipinski definition) is 0. The van der Waals surface area contributed by atoms with Gasteiger partial charge in [-0.2, -0.15) is 0 Å². The van der Waals surface area contributed by atoms with Crippen molar-refractivity contribution in [3.8, 4) is 39.1 Å². The van der Waals surface area contributed by atoms with Gasteiger partial charge in [-0.1, -0.05) is 170 Å². The molecule has 0 saturated heterocycles. The molecular formula is C74H56N4. The third-order valence-corrected chi connectivity index (χ3v) is 14.9. The number of rotatable bonds is 13. The summed E-state index contributed by atoms with van der Waals surface area (Å²) in [4.78, 5) is 6.99. The molecule has 1 aromatic heterocycles. The van der Waals surface area contributed by atoms with Crippen molar-refractivity contribution in [2.24, 2.45) is 0 Å². The van der Waals surface area contributed by atoms with Crippen molar-refractivity contribution in [1.29, 1.82) is 0 Å². The second kappa shape index (κ2) is 20.9. The molecule has 13 rings (SSSR count). The third kappa shape index (κ3) is 9.37. The molecule has 372 valence electrons. The molecule has 0 amide bonds. The second-order valence-electron chi connectivity index (χ2n) is 20.0. The van der Waals surface area contributed by atoms with Crippen molar-refractivity contribution in [3.05, 3.63) is 314 Å². The molecule has 0 unspecified atom stereocenters. The zero-order valence-corrected chi connectivity index (χ0v) is 43.7. The van der Waals surface area contributed by atoms with Gasteiger partial charge in [-0.25, -0.2) is 0 Å². The Morgan fingerprint density at radius 1 is 0.218 bits per heavy atom. The lowest BCUT2D eigenvalue weighted by Crippen LogP contribution is -2.10. The Morgan fingerprint density at radius 3 is 0.795 bits per heavy atom. The van der Waals surface area contributed by atoms with Crippen molar-refractivity contribution < 1.29 is 0 Å². The highest BCUT2D eigenvalue weighted by molar-refractivity contribution is 6.09. The SMILES string of the molecule is Cc1cccc(N(c2ccccc2)c2ccc(-c3ccc(N(c4ccc(-c5ccc(N(c6ccccc6)c6cccc(C)c6)cc5)cc4)c4ccc(-c5ccc(-n6c7ccccc7c7ccccc76)cc5)cc4)cc3)cc2)c1. The van der Waals surface area contributed by atoms with E-state index in [1.165, 1.54) is 38.5 Å². The van der Waals surface area contributed by atoms with E-state index in [1.807, 2.05) is 0 Å². The number of anilines is 9. The molecule has 13 aromatic rings. The highest BCUT2D eigenvalue weighted by atomic mass is 15.2. The number of benzene rings is 12. The molecular weight excluding hydrogens is 945 g/mol. The van der Waals surface area contributed by atoms with E-state index in [4.69, 9.17) is 0 Å². The number of aryl methyl sites for hydroxylation is 2. The highest BCUT2D eigenvalue weighted by Crippen LogP contribution is 2.41. The lowest BCUT2D eigenvalue weighted by molar-refractivity contribution is 1.18. The summed E-state index contributed by atoms with van der Waals surface area (Å²) in [6.45, 7) is 4.29. The summed E-state index contributed by atoms with van der Waals surface area (Å²) in [5.74, 6) is 0. The topological polar surface area (TPSA) is 14.7 Å². The highest BCUT2D eigenvalue weighted by Gasteiger charge is 2.18. The number of para-hydroxylation sites is 4. The molecule has 78 heavy (non-hydrogen) atoms. The van der Waals surface area contributed by atoms with E-state index in [1.54, 1.807) is 0 Å². The summed E-state index contributed by atoms with van der Waals surface area (Å²) in [5.41, 5.74) is 22.9. The maximum absolute atomic E-state index is 2.37. The van der Waals surface area contributed by atoms with Gasteiger partial charge in [-0.15, -0.1) is 0 Å². The van der Waals surface area contributed by atoms with E-state index < -0.39 is 0 Å². The van der Waals surface area contributed by atoms with Gasteiger partial charge in [0.15, 0.2) is 0 Å². The van der Waals surface area contributed by atoms with Crippen LogP contribution in [0.15, 0.2) is 303 Å². The molecule has 1 heterocycles. The molecule has 0 aliphatic heterocycles. The van der Waals surface area contributed by atoms with E-state index in [2.05, 4.69) is 336 Å². The molecule has 12 aromatic carbocycles. The Labute approximate surface area is 457 Å². The van der Waals surface area contributed by atoms with Crippen molar-refractivity contribution in [2.75, 3.05) is 14.7 Å². The minimum absolute atomic E-state index is 1.07. The minimum Gasteiger partial charge on any atom is -0.311 e. The van der Waals surface area contributed by atoms with Crippen LogP contribution in [0.4, 0.5) is 51.2 Å². The van der Waals surface area contributed by atoms with Crippen molar-refractivity contribution in [1.82, 2.24) is 4.57 Å². The van der Waals surface area contributed by atoms with Crippen LogP contribution in [0.2, 0.25) is 0 Å². The average molecular weight is 1000 g/mol. The number of aromatic nitrogens is 1. The molecule has 0 atom stereocenters. The lowest BCUT2D eigenvalue weighted by atomic mass is 10.0. The van der Waals surface area contributed by atoms with Crippen LogP contribution in [-0.2, 0) is 0 Å². The predicted molar refractivity (Wildman–Crippen MR) is 331 cm³/mol. The Morgan fingerprint density at radius 2 is 0.474 bits per heavy atom. The van der Waals surface area contributed by atoms with Gasteiger partial charge in [0.25, 0.3) is 0 Å². The quantitative estimate of drug-likeness (QED) is 0.114. The van der Waals surface area contributed by atoms with Crippen LogP contribution in [0.25, 0.3) is 60.9 Å². The van der Waals surface area contributed by atoms with Crippen molar-refractivity contribution >= 4 is 73.0 Å². The molecule has 0 spiro atoms. The van der Waals surface area contributed by atoms with Crippen LogP contribution >= 0.6 is 0 Å². The molecule has 0 radical (unpaired) electrons. The molecule has 0 aliphatic carbocycles. The second-order valence-corrected chi connectivity index (χ2v) is 20.0. The first kappa shape index (κ1) is 47.5. The first-order valence-corrected chi connectivity index (χ1v) is 26.7. The Hall–Kier alpha value is -10.2. The number of nitrogens with zero attached hydrogens (tertiary/aromatic N) is 4. The van der Waals surface area contributed by atoms with Crippen LogP contribution in [0, 0.1) is 13.8 Å². The Bertz CT molecular complexity index is 3940. The first-order chi connectivity index (χ1) is 38.5. The van der Waals surface area contributed by atoms with E-state index in [-0.39, 0.29) is 0 Å². The van der Waals surface area contributed by atoms with Crippen molar-refractivity contribution in [2.45, 2.75) is 13.8 Å². The zero-order chi connectivity index (χ0) is 52.4. The van der Waals surface area contributed by atoms with E-state index in [9.17, 15) is 0 Å².